The summed E-state index contributed by atoms with van der Waals surface area (Å²) in [6.07, 6.45) is 6.33. The predicted octanol–water partition coefficient (Wildman–Crippen LogP) is 2.81. The van der Waals surface area contributed by atoms with Crippen LogP contribution in [0.5, 0.6) is 0 Å². The normalized spacial score (nSPS) is 33.8. The molecule has 1 heterocycles. The van der Waals surface area contributed by atoms with E-state index in [1.165, 1.54) is 25.7 Å². The van der Waals surface area contributed by atoms with Crippen LogP contribution >= 0.6 is 0 Å². The Balaban J connectivity index is 1.74. The molecule has 2 aliphatic rings. The van der Waals surface area contributed by atoms with Crippen molar-refractivity contribution >= 4 is 0 Å². The lowest BCUT2D eigenvalue weighted by molar-refractivity contribution is 0.327. The summed E-state index contributed by atoms with van der Waals surface area (Å²) < 4.78 is 5.43. The number of hydrogen-bond donors (Lipinski definition) is 1. The standard InChI is InChI=1S/C14H23N3O/c1-3-12(15)8(2)14-16-13(17-18-14)11-7-9-4-5-10(11)6-9/h8-12H,3-7,15H2,1-2H3. The first-order valence-electron chi connectivity index (χ1n) is 7.28. The highest BCUT2D eigenvalue weighted by Crippen LogP contribution is 2.52. The lowest BCUT2D eigenvalue weighted by Crippen LogP contribution is -2.25. The van der Waals surface area contributed by atoms with E-state index in [0.717, 1.165) is 30.0 Å². The molecule has 3 rings (SSSR count). The fourth-order valence-electron chi connectivity index (χ4n) is 3.68. The van der Waals surface area contributed by atoms with Crippen LogP contribution in [0.1, 0.15) is 69.5 Å². The summed E-state index contributed by atoms with van der Waals surface area (Å²) in [5.74, 6) is 4.09. The smallest absolute Gasteiger partial charge is 0.231 e. The highest BCUT2D eigenvalue weighted by atomic mass is 16.5. The number of rotatable bonds is 4. The van der Waals surface area contributed by atoms with E-state index in [2.05, 4.69) is 24.0 Å². The van der Waals surface area contributed by atoms with Crippen LogP contribution in [0.3, 0.4) is 0 Å². The highest BCUT2D eigenvalue weighted by Gasteiger charge is 2.42. The molecule has 4 heteroatoms. The molecular weight excluding hydrogens is 226 g/mol. The Morgan fingerprint density at radius 3 is 2.83 bits per heavy atom. The van der Waals surface area contributed by atoms with Crippen LogP contribution in [-0.4, -0.2) is 16.2 Å². The number of hydrogen-bond acceptors (Lipinski definition) is 4. The largest absolute Gasteiger partial charge is 0.339 e. The molecule has 5 unspecified atom stereocenters. The van der Waals surface area contributed by atoms with E-state index in [0.29, 0.717) is 5.92 Å². The average Bonchev–Trinajstić information content (AvgIpc) is 3.10. The van der Waals surface area contributed by atoms with Gasteiger partial charge in [0.2, 0.25) is 5.89 Å². The molecule has 2 aliphatic carbocycles. The Morgan fingerprint density at radius 1 is 1.39 bits per heavy atom. The number of nitrogens with two attached hydrogens (primary N) is 1. The zero-order chi connectivity index (χ0) is 12.7. The molecule has 0 aromatic carbocycles. The number of nitrogens with zero attached hydrogens (tertiary/aromatic N) is 2. The first-order chi connectivity index (χ1) is 8.69. The molecule has 1 aromatic rings. The van der Waals surface area contributed by atoms with Crippen LogP contribution in [0.15, 0.2) is 4.52 Å². The summed E-state index contributed by atoms with van der Waals surface area (Å²) in [5, 5.41) is 4.21. The average molecular weight is 249 g/mol. The molecule has 0 aliphatic heterocycles. The van der Waals surface area contributed by atoms with Crippen molar-refractivity contribution in [3.63, 3.8) is 0 Å². The summed E-state index contributed by atoms with van der Waals surface area (Å²) >= 11 is 0. The fourth-order valence-corrected chi connectivity index (χ4v) is 3.68. The highest BCUT2D eigenvalue weighted by molar-refractivity contribution is 5.08. The first kappa shape index (κ1) is 12.2. The third kappa shape index (κ3) is 1.96. The third-order valence-electron chi connectivity index (χ3n) is 5.03. The van der Waals surface area contributed by atoms with Crippen molar-refractivity contribution in [1.82, 2.24) is 10.1 Å². The van der Waals surface area contributed by atoms with E-state index in [4.69, 9.17) is 10.3 Å². The van der Waals surface area contributed by atoms with Crippen molar-refractivity contribution in [3.8, 4) is 0 Å². The Bertz CT molecular complexity index is 417. The molecule has 2 saturated carbocycles. The quantitative estimate of drug-likeness (QED) is 0.891. The van der Waals surface area contributed by atoms with Gasteiger partial charge in [0.15, 0.2) is 5.82 Å². The molecule has 1 aromatic heterocycles. The Hall–Kier alpha value is -0.900. The summed E-state index contributed by atoms with van der Waals surface area (Å²) in [7, 11) is 0. The van der Waals surface area contributed by atoms with E-state index >= 15 is 0 Å². The van der Waals surface area contributed by atoms with E-state index < -0.39 is 0 Å². The van der Waals surface area contributed by atoms with Gasteiger partial charge in [0.25, 0.3) is 0 Å². The maximum absolute atomic E-state index is 6.04. The SMILES string of the molecule is CCC(N)C(C)c1nc(C2CC3CCC2C3)no1. The van der Waals surface area contributed by atoms with Crippen molar-refractivity contribution in [2.45, 2.75) is 63.8 Å². The van der Waals surface area contributed by atoms with Crippen LogP contribution in [0, 0.1) is 11.8 Å². The minimum absolute atomic E-state index is 0.110. The maximum atomic E-state index is 6.04. The van der Waals surface area contributed by atoms with Crippen LogP contribution in [0.4, 0.5) is 0 Å². The molecule has 0 amide bonds. The van der Waals surface area contributed by atoms with Gasteiger partial charge in [-0.05, 0) is 37.5 Å². The molecule has 0 spiro atoms. The molecule has 2 fully saturated rings. The van der Waals surface area contributed by atoms with Gasteiger partial charge < -0.3 is 10.3 Å². The second-order valence-electron chi connectivity index (χ2n) is 6.13. The summed E-state index contributed by atoms with van der Waals surface area (Å²) in [6.45, 7) is 4.17. The molecule has 2 N–H and O–H groups in total. The lowest BCUT2D eigenvalue weighted by Gasteiger charge is -2.17. The number of aromatic nitrogens is 2. The van der Waals surface area contributed by atoms with Crippen molar-refractivity contribution in [1.29, 1.82) is 0 Å². The molecular formula is C14H23N3O. The zero-order valence-electron chi connectivity index (χ0n) is 11.3. The van der Waals surface area contributed by atoms with Gasteiger partial charge in [0.1, 0.15) is 0 Å². The van der Waals surface area contributed by atoms with E-state index in [-0.39, 0.29) is 12.0 Å². The van der Waals surface area contributed by atoms with Gasteiger partial charge in [0.05, 0.1) is 5.92 Å². The molecule has 0 saturated heterocycles. The predicted molar refractivity (Wildman–Crippen MR) is 69.2 cm³/mol. The molecule has 5 atom stereocenters. The summed E-state index contributed by atoms with van der Waals surface area (Å²) in [6, 6.07) is 0.110. The van der Waals surface area contributed by atoms with Gasteiger partial charge in [-0.1, -0.05) is 25.4 Å². The zero-order valence-corrected chi connectivity index (χ0v) is 11.3. The topological polar surface area (TPSA) is 64.9 Å². The van der Waals surface area contributed by atoms with Crippen LogP contribution in [-0.2, 0) is 0 Å². The van der Waals surface area contributed by atoms with Crippen molar-refractivity contribution in [2.24, 2.45) is 17.6 Å². The van der Waals surface area contributed by atoms with E-state index in [1.54, 1.807) is 0 Å². The monoisotopic (exact) mass is 249 g/mol. The molecule has 0 radical (unpaired) electrons. The van der Waals surface area contributed by atoms with Gasteiger partial charge in [0, 0.05) is 12.0 Å². The van der Waals surface area contributed by atoms with Gasteiger partial charge >= 0.3 is 0 Å². The van der Waals surface area contributed by atoms with E-state index in [1.807, 2.05) is 0 Å². The second-order valence-corrected chi connectivity index (χ2v) is 6.13. The molecule has 100 valence electrons. The minimum atomic E-state index is 0.110. The molecule has 4 nitrogen and oxygen atoms in total. The molecule has 18 heavy (non-hydrogen) atoms. The Kier molecular flexibility index (Phi) is 3.14. The van der Waals surface area contributed by atoms with Crippen LogP contribution < -0.4 is 5.73 Å². The van der Waals surface area contributed by atoms with Gasteiger partial charge in [-0.15, -0.1) is 0 Å². The van der Waals surface area contributed by atoms with E-state index in [9.17, 15) is 0 Å². The maximum Gasteiger partial charge on any atom is 0.231 e. The molecule has 2 bridgehead atoms. The van der Waals surface area contributed by atoms with Gasteiger partial charge in [-0.25, -0.2) is 0 Å². The first-order valence-corrected chi connectivity index (χ1v) is 7.28. The Morgan fingerprint density at radius 2 is 2.22 bits per heavy atom. The minimum Gasteiger partial charge on any atom is -0.339 e. The second kappa shape index (κ2) is 4.65. The van der Waals surface area contributed by atoms with Crippen LogP contribution in [0.2, 0.25) is 0 Å². The van der Waals surface area contributed by atoms with Gasteiger partial charge in [-0.3, -0.25) is 0 Å². The van der Waals surface area contributed by atoms with Crippen molar-refractivity contribution < 1.29 is 4.52 Å². The summed E-state index contributed by atoms with van der Waals surface area (Å²) in [4.78, 5) is 4.62. The number of fused-ring (bicyclic) bond motifs is 2. The Labute approximate surface area is 108 Å². The lowest BCUT2D eigenvalue weighted by atomic mass is 9.88. The van der Waals surface area contributed by atoms with Crippen LogP contribution in [0.25, 0.3) is 0 Å². The van der Waals surface area contributed by atoms with Crippen molar-refractivity contribution in [2.75, 3.05) is 0 Å². The summed E-state index contributed by atoms with van der Waals surface area (Å²) in [5.41, 5.74) is 6.04. The fraction of sp³-hybridized carbons (Fsp3) is 0.857. The third-order valence-corrected chi connectivity index (χ3v) is 5.03. The van der Waals surface area contributed by atoms with Crippen molar-refractivity contribution in [3.05, 3.63) is 11.7 Å². The van der Waals surface area contributed by atoms with Gasteiger partial charge in [-0.2, -0.15) is 4.98 Å².